The lowest BCUT2D eigenvalue weighted by Crippen LogP contribution is -2.48. The number of Topliss-reactive ketones (excluding diaryl/α,β-unsaturated/α-hetero) is 1. The molecule has 3 aliphatic rings. The highest BCUT2D eigenvalue weighted by Gasteiger charge is 2.84. The van der Waals surface area contributed by atoms with Crippen molar-refractivity contribution in [2.75, 3.05) is 18.6 Å². The molecule has 1 aliphatic heterocycles. The molecule has 0 N–H and O–H groups in total. The van der Waals surface area contributed by atoms with Crippen LogP contribution in [0.15, 0.2) is 48.5 Å². The first-order chi connectivity index (χ1) is 16.2. The summed E-state index contributed by atoms with van der Waals surface area (Å²) in [7, 11) is 1.65. The van der Waals surface area contributed by atoms with Gasteiger partial charge in [-0.15, -0.1) is 0 Å². The molecule has 2 fully saturated rings. The molecule has 0 unspecified atom stereocenters. The van der Waals surface area contributed by atoms with Gasteiger partial charge in [0, 0.05) is 30.8 Å². The van der Waals surface area contributed by atoms with Crippen LogP contribution in [-0.2, 0) is 26.3 Å². The second-order valence-corrected chi connectivity index (χ2v) is 10.7. The van der Waals surface area contributed by atoms with Crippen LogP contribution in [0.4, 0.5) is 10.5 Å². The lowest BCUT2D eigenvalue weighted by Gasteiger charge is -2.34. The van der Waals surface area contributed by atoms with Gasteiger partial charge in [-0.3, -0.25) is 9.69 Å². The molecule has 0 bridgehead atoms. The Hall–Kier alpha value is -2.86. The highest BCUT2D eigenvalue weighted by molar-refractivity contribution is 5.99. The summed E-state index contributed by atoms with van der Waals surface area (Å²) < 4.78 is 17.5. The van der Waals surface area contributed by atoms with Crippen LogP contribution in [0, 0.1) is 5.92 Å². The minimum atomic E-state index is -0.612. The van der Waals surface area contributed by atoms with Crippen molar-refractivity contribution < 1.29 is 23.8 Å². The molecule has 1 heterocycles. The number of ketones is 1. The van der Waals surface area contributed by atoms with Gasteiger partial charge in [0.2, 0.25) is 0 Å². The molecule has 2 saturated carbocycles. The maximum Gasteiger partial charge on any atom is 0.415 e. The Labute approximate surface area is 201 Å². The van der Waals surface area contributed by atoms with Gasteiger partial charge in [0.25, 0.3) is 0 Å². The molecular formula is C28H33NO5. The molecule has 0 saturated heterocycles. The minimum absolute atomic E-state index is 0.0636. The predicted molar refractivity (Wildman–Crippen MR) is 129 cm³/mol. The average Bonchev–Trinajstić information content (AvgIpc) is 3.28. The van der Waals surface area contributed by atoms with Crippen molar-refractivity contribution in [1.29, 1.82) is 0 Å². The smallest absolute Gasteiger partial charge is 0.415 e. The Kier molecular flexibility index (Phi) is 5.47. The number of hydrogen-bond acceptors (Lipinski definition) is 5. The number of rotatable bonds is 6. The van der Waals surface area contributed by atoms with Gasteiger partial charge in [0.1, 0.15) is 17.1 Å². The summed E-state index contributed by atoms with van der Waals surface area (Å²) in [4.78, 5) is 28.0. The summed E-state index contributed by atoms with van der Waals surface area (Å²) in [5.74, 6) is 1.08. The normalized spacial score (nSPS) is 27.0. The quantitative estimate of drug-likeness (QED) is 0.536. The van der Waals surface area contributed by atoms with Crippen molar-refractivity contribution >= 4 is 17.6 Å². The third kappa shape index (κ3) is 3.42. The number of amides is 1. The number of fused-ring (bicyclic) bond motifs is 3. The molecule has 34 heavy (non-hydrogen) atoms. The highest BCUT2D eigenvalue weighted by Crippen LogP contribution is 2.78. The number of methoxy groups -OCH3 is 1. The summed E-state index contributed by atoms with van der Waals surface area (Å²) >= 11 is 0. The van der Waals surface area contributed by atoms with E-state index in [-0.39, 0.29) is 23.2 Å². The first-order valence-electron chi connectivity index (χ1n) is 12.1. The second-order valence-electron chi connectivity index (χ2n) is 10.7. The van der Waals surface area contributed by atoms with E-state index in [2.05, 4.69) is 12.1 Å². The number of nitrogens with zero attached hydrogens (tertiary/aromatic N) is 1. The van der Waals surface area contributed by atoms with Gasteiger partial charge in [-0.25, -0.2) is 4.79 Å². The second kappa shape index (κ2) is 8.12. The zero-order chi connectivity index (χ0) is 24.1. The highest BCUT2D eigenvalue weighted by atomic mass is 16.6. The van der Waals surface area contributed by atoms with Gasteiger partial charge in [0.05, 0.1) is 24.9 Å². The van der Waals surface area contributed by atoms with Crippen molar-refractivity contribution in [2.45, 2.75) is 69.6 Å². The van der Waals surface area contributed by atoms with Gasteiger partial charge in [0.15, 0.2) is 0 Å². The van der Waals surface area contributed by atoms with Crippen molar-refractivity contribution in [3.05, 3.63) is 59.7 Å². The van der Waals surface area contributed by atoms with Crippen molar-refractivity contribution in [2.24, 2.45) is 5.92 Å². The van der Waals surface area contributed by atoms with E-state index in [4.69, 9.17) is 14.2 Å². The Bertz CT molecular complexity index is 1110. The molecule has 2 aliphatic carbocycles. The van der Waals surface area contributed by atoms with E-state index < -0.39 is 11.1 Å². The molecule has 0 radical (unpaired) electrons. The third-order valence-electron chi connectivity index (χ3n) is 7.73. The van der Waals surface area contributed by atoms with Crippen LogP contribution in [0.25, 0.3) is 0 Å². The summed E-state index contributed by atoms with van der Waals surface area (Å²) in [5, 5.41) is 0. The van der Waals surface area contributed by atoms with Crippen LogP contribution >= 0.6 is 0 Å². The number of ether oxygens (including phenoxy) is 3. The van der Waals surface area contributed by atoms with Gasteiger partial charge < -0.3 is 14.2 Å². The van der Waals surface area contributed by atoms with Crippen LogP contribution in [0.5, 0.6) is 5.75 Å². The molecule has 0 aromatic heterocycles. The molecule has 2 aromatic carbocycles. The third-order valence-corrected chi connectivity index (χ3v) is 7.73. The van der Waals surface area contributed by atoms with Crippen LogP contribution in [0.1, 0.15) is 57.6 Å². The van der Waals surface area contributed by atoms with Crippen LogP contribution in [0.2, 0.25) is 0 Å². The Morgan fingerprint density at radius 1 is 1.15 bits per heavy atom. The Morgan fingerprint density at radius 2 is 1.91 bits per heavy atom. The van der Waals surface area contributed by atoms with E-state index in [0.29, 0.717) is 32.5 Å². The van der Waals surface area contributed by atoms with E-state index in [1.54, 1.807) is 7.11 Å². The molecule has 1 spiro atoms. The average molecular weight is 464 g/mol. The Morgan fingerprint density at radius 3 is 2.62 bits per heavy atom. The van der Waals surface area contributed by atoms with Crippen molar-refractivity contribution in [3.8, 4) is 5.75 Å². The molecule has 180 valence electrons. The van der Waals surface area contributed by atoms with Gasteiger partial charge in [-0.1, -0.05) is 30.3 Å². The molecule has 3 atom stereocenters. The number of anilines is 1. The van der Waals surface area contributed by atoms with Gasteiger partial charge in [-0.05, 0) is 62.9 Å². The fourth-order valence-electron chi connectivity index (χ4n) is 6.46. The minimum Gasteiger partial charge on any atom is -0.497 e. The van der Waals surface area contributed by atoms with Crippen LogP contribution in [-0.4, -0.2) is 36.7 Å². The molecule has 6 nitrogen and oxygen atoms in total. The maximum absolute atomic E-state index is 13.6. The first kappa shape index (κ1) is 22.9. The fraction of sp³-hybridized carbons (Fsp3) is 0.500. The predicted octanol–water partition coefficient (Wildman–Crippen LogP) is 5.42. The number of carbonyl (C=O) groups is 2. The molecule has 2 aromatic rings. The maximum atomic E-state index is 13.6. The number of benzene rings is 2. The number of carbonyl (C=O) groups excluding carboxylic acids is 2. The summed E-state index contributed by atoms with van der Waals surface area (Å²) in [5.41, 5.74) is 1.66. The monoisotopic (exact) mass is 463 g/mol. The molecule has 6 heteroatoms. The van der Waals surface area contributed by atoms with Crippen LogP contribution in [0.3, 0.4) is 0 Å². The summed E-state index contributed by atoms with van der Waals surface area (Å²) in [6.07, 6.45) is 1.99. The van der Waals surface area contributed by atoms with Gasteiger partial charge >= 0.3 is 6.09 Å². The zero-order valence-corrected chi connectivity index (χ0v) is 20.4. The van der Waals surface area contributed by atoms with Crippen molar-refractivity contribution in [3.63, 3.8) is 0 Å². The van der Waals surface area contributed by atoms with Crippen molar-refractivity contribution in [1.82, 2.24) is 0 Å². The first-order valence-corrected chi connectivity index (χ1v) is 12.1. The molecular weight excluding hydrogens is 430 g/mol. The standard InChI is InChI=1S/C28H33NO5/c1-26(2,3)34-25(31)29-23-11-10-21(32-4)17-22(23)27(24-16-20(30)12-13-28(24,27)29)14-15-33-18-19-8-6-5-7-9-19/h5-11,17,24H,12-16,18H2,1-4H3/t24-,27+,28+/m0/s1. The van der Waals surface area contributed by atoms with Gasteiger partial charge in [-0.2, -0.15) is 0 Å². The Balaban J connectivity index is 1.50. The largest absolute Gasteiger partial charge is 0.497 e. The summed E-state index contributed by atoms with van der Waals surface area (Å²) in [6.45, 7) is 6.72. The van der Waals surface area contributed by atoms with E-state index in [0.717, 1.165) is 29.0 Å². The summed E-state index contributed by atoms with van der Waals surface area (Å²) in [6, 6.07) is 16.0. The number of hydrogen-bond donors (Lipinski definition) is 0. The zero-order valence-electron chi connectivity index (χ0n) is 20.4. The SMILES string of the molecule is COc1ccc2c(c1)[C@]1(CCOCc3ccccc3)[C@@H]3CC(=O)CC[C@@]31N2C(=O)OC(C)(C)C. The molecule has 1 amide bonds. The topological polar surface area (TPSA) is 65.1 Å². The van der Waals surface area contributed by atoms with E-state index in [9.17, 15) is 9.59 Å². The van der Waals surface area contributed by atoms with E-state index in [1.807, 2.05) is 62.1 Å². The lowest BCUT2D eigenvalue weighted by molar-refractivity contribution is -0.120. The molecule has 5 rings (SSSR count). The van der Waals surface area contributed by atoms with Crippen LogP contribution < -0.4 is 9.64 Å². The van der Waals surface area contributed by atoms with E-state index >= 15 is 0 Å². The fourth-order valence-corrected chi connectivity index (χ4v) is 6.46. The van der Waals surface area contributed by atoms with E-state index in [1.165, 1.54) is 0 Å². The lowest BCUT2D eigenvalue weighted by atomic mass is 9.88.